The number of aromatic carboxylic acids is 1. The molecule has 0 spiro atoms. The van der Waals surface area contributed by atoms with Gasteiger partial charge in [-0.3, -0.25) is 4.79 Å². The first kappa shape index (κ1) is 16.6. The summed E-state index contributed by atoms with van der Waals surface area (Å²) in [6, 6.07) is 6.56. The lowest BCUT2D eigenvalue weighted by molar-refractivity contribution is 0.0702. The lowest BCUT2D eigenvalue weighted by atomic mass is 10.1. The van der Waals surface area contributed by atoms with Crippen molar-refractivity contribution >= 4 is 34.8 Å². The van der Waals surface area contributed by atoms with Gasteiger partial charge in [-0.1, -0.05) is 11.6 Å². The summed E-state index contributed by atoms with van der Waals surface area (Å²) in [5.74, 6) is -0.170. The predicted octanol–water partition coefficient (Wildman–Crippen LogP) is 2.84. The lowest BCUT2D eigenvalue weighted by Gasteiger charge is -2.20. The quantitative estimate of drug-likeness (QED) is 0.848. The zero-order chi connectivity index (χ0) is 17.1. The van der Waals surface area contributed by atoms with Crippen LogP contribution in [0.5, 0.6) is 11.5 Å². The molecule has 0 atom stereocenters. The molecule has 1 aromatic carbocycles. The first-order valence-electron chi connectivity index (χ1n) is 7.24. The first-order chi connectivity index (χ1) is 11.5. The van der Waals surface area contributed by atoms with E-state index in [1.807, 2.05) is 6.07 Å². The Morgan fingerprint density at radius 1 is 1.21 bits per heavy atom. The largest absolute Gasteiger partial charge is 0.486 e. The molecule has 0 bridgehead atoms. The third kappa shape index (κ3) is 3.63. The summed E-state index contributed by atoms with van der Waals surface area (Å²) in [4.78, 5) is 23.3. The van der Waals surface area contributed by atoms with Crippen molar-refractivity contribution in [3.05, 3.63) is 44.6 Å². The second kappa shape index (κ2) is 7.11. The first-order valence-corrected chi connectivity index (χ1v) is 8.43. The van der Waals surface area contributed by atoms with Crippen molar-refractivity contribution in [2.45, 2.75) is 6.42 Å². The minimum absolute atomic E-state index is 0.138. The standard InChI is InChI=1S/C16H14ClNO5S/c17-10-7-9(8-11-14(10)23-6-5-22-11)3-4-18-15(19)12-1-2-13(24-12)16(20)21/h1-2,7-8H,3-6H2,(H,18,19)(H,20,21). The predicted molar refractivity (Wildman–Crippen MR) is 89.8 cm³/mol. The van der Waals surface area contributed by atoms with Gasteiger partial charge in [0.1, 0.15) is 18.1 Å². The number of carboxylic acid groups (broad SMARTS) is 1. The molecule has 6 nitrogen and oxygen atoms in total. The number of carbonyl (C=O) groups is 2. The van der Waals surface area contributed by atoms with Crippen molar-refractivity contribution in [2.24, 2.45) is 0 Å². The fourth-order valence-electron chi connectivity index (χ4n) is 2.29. The topological polar surface area (TPSA) is 84.9 Å². The summed E-state index contributed by atoms with van der Waals surface area (Å²) in [6.45, 7) is 1.35. The molecule has 3 rings (SSSR count). The molecule has 2 heterocycles. The molecule has 1 aliphatic heterocycles. The molecule has 8 heteroatoms. The summed E-state index contributed by atoms with van der Waals surface area (Å²) < 4.78 is 11.0. The number of fused-ring (bicyclic) bond motifs is 1. The molecule has 1 aromatic heterocycles. The number of carboxylic acids is 1. The van der Waals surface area contributed by atoms with Crippen LogP contribution in [-0.2, 0) is 6.42 Å². The van der Waals surface area contributed by atoms with Crippen LogP contribution in [-0.4, -0.2) is 36.7 Å². The Kier molecular flexibility index (Phi) is 4.92. The second-order valence-electron chi connectivity index (χ2n) is 5.08. The zero-order valence-electron chi connectivity index (χ0n) is 12.5. The normalized spacial score (nSPS) is 12.7. The Labute approximate surface area is 147 Å². The van der Waals surface area contributed by atoms with Crippen LogP contribution in [0.1, 0.15) is 24.9 Å². The monoisotopic (exact) mass is 367 g/mol. The molecule has 0 radical (unpaired) electrons. The van der Waals surface area contributed by atoms with Gasteiger partial charge in [-0.05, 0) is 36.2 Å². The van der Waals surface area contributed by atoms with Crippen LogP contribution in [0.15, 0.2) is 24.3 Å². The van der Waals surface area contributed by atoms with Gasteiger partial charge in [-0.2, -0.15) is 0 Å². The fourth-order valence-corrected chi connectivity index (χ4v) is 3.34. The highest BCUT2D eigenvalue weighted by Gasteiger charge is 2.17. The van der Waals surface area contributed by atoms with Crippen LogP contribution in [0.4, 0.5) is 0 Å². The van der Waals surface area contributed by atoms with Crippen LogP contribution in [0.2, 0.25) is 5.02 Å². The maximum absolute atomic E-state index is 12.0. The number of rotatable bonds is 5. The van der Waals surface area contributed by atoms with E-state index in [0.717, 1.165) is 16.9 Å². The van der Waals surface area contributed by atoms with Crippen molar-refractivity contribution in [2.75, 3.05) is 19.8 Å². The van der Waals surface area contributed by atoms with Crippen LogP contribution < -0.4 is 14.8 Å². The maximum atomic E-state index is 12.0. The van der Waals surface area contributed by atoms with E-state index in [1.165, 1.54) is 12.1 Å². The third-order valence-corrected chi connectivity index (χ3v) is 4.75. The van der Waals surface area contributed by atoms with Crippen molar-refractivity contribution in [3.63, 3.8) is 0 Å². The van der Waals surface area contributed by atoms with E-state index >= 15 is 0 Å². The summed E-state index contributed by atoms with van der Waals surface area (Å²) >= 11 is 7.12. The van der Waals surface area contributed by atoms with Gasteiger partial charge in [0.25, 0.3) is 5.91 Å². The van der Waals surface area contributed by atoms with Gasteiger partial charge >= 0.3 is 5.97 Å². The van der Waals surface area contributed by atoms with E-state index in [2.05, 4.69) is 5.32 Å². The molecular formula is C16H14ClNO5S. The Morgan fingerprint density at radius 2 is 1.96 bits per heavy atom. The highest BCUT2D eigenvalue weighted by molar-refractivity contribution is 7.15. The number of ether oxygens (including phenoxy) is 2. The number of amides is 1. The third-order valence-electron chi connectivity index (χ3n) is 3.40. The summed E-state index contributed by atoms with van der Waals surface area (Å²) in [7, 11) is 0. The average molecular weight is 368 g/mol. The van der Waals surface area contributed by atoms with Gasteiger partial charge in [0.15, 0.2) is 11.5 Å². The van der Waals surface area contributed by atoms with Crippen LogP contribution in [0.25, 0.3) is 0 Å². The number of hydrogen-bond acceptors (Lipinski definition) is 5. The summed E-state index contributed by atoms with van der Waals surface area (Å²) in [5, 5.41) is 12.1. The van der Waals surface area contributed by atoms with E-state index in [9.17, 15) is 9.59 Å². The Hall–Kier alpha value is -2.25. The summed E-state index contributed by atoms with van der Waals surface area (Å²) in [5.41, 5.74) is 0.918. The van der Waals surface area contributed by atoms with E-state index in [1.54, 1.807) is 6.07 Å². The highest BCUT2D eigenvalue weighted by Crippen LogP contribution is 2.38. The average Bonchev–Trinajstić information content (AvgIpc) is 3.05. The smallest absolute Gasteiger partial charge is 0.345 e. The number of halogens is 1. The SMILES string of the molecule is O=C(O)c1ccc(C(=O)NCCc2cc(Cl)c3c(c2)OCCO3)s1. The number of carbonyl (C=O) groups excluding carboxylic acids is 1. The van der Waals surface area contributed by atoms with Crippen molar-refractivity contribution in [3.8, 4) is 11.5 Å². The van der Waals surface area contributed by atoms with E-state index in [-0.39, 0.29) is 10.8 Å². The molecule has 2 N–H and O–H groups in total. The molecular weight excluding hydrogens is 354 g/mol. The fraction of sp³-hybridized carbons (Fsp3) is 0.250. The molecule has 1 aliphatic rings. The lowest BCUT2D eigenvalue weighted by Crippen LogP contribution is -2.25. The van der Waals surface area contributed by atoms with Gasteiger partial charge in [0, 0.05) is 6.54 Å². The molecule has 1 amide bonds. The van der Waals surface area contributed by atoms with Crippen LogP contribution in [0.3, 0.4) is 0 Å². The summed E-state index contributed by atoms with van der Waals surface area (Å²) in [6.07, 6.45) is 0.569. The van der Waals surface area contributed by atoms with Gasteiger partial charge in [0.05, 0.1) is 9.90 Å². The zero-order valence-corrected chi connectivity index (χ0v) is 14.1. The van der Waals surface area contributed by atoms with Gasteiger partial charge in [-0.15, -0.1) is 11.3 Å². The molecule has 0 aliphatic carbocycles. The number of thiophene rings is 1. The van der Waals surface area contributed by atoms with E-state index < -0.39 is 5.97 Å². The maximum Gasteiger partial charge on any atom is 0.345 e. The minimum atomic E-state index is -1.04. The number of nitrogens with one attached hydrogen (secondary N) is 1. The van der Waals surface area contributed by atoms with Crippen LogP contribution in [0, 0.1) is 0 Å². The van der Waals surface area contributed by atoms with E-state index in [4.69, 9.17) is 26.2 Å². The second-order valence-corrected chi connectivity index (χ2v) is 6.57. The molecule has 0 saturated carbocycles. The molecule has 0 unspecified atom stereocenters. The van der Waals surface area contributed by atoms with Crippen molar-refractivity contribution in [1.82, 2.24) is 5.32 Å². The number of benzene rings is 1. The van der Waals surface area contributed by atoms with E-state index in [0.29, 0.717) is 47.6 Å². The highest BCUT2D eigenvalue weighted by atomic mass is 35.5. The molecule has 2 aromatic rings. The molecule has 0 saturated heterocycles. The molecule has 24 heavy (non-hydrogen) atoms. The van der Waals surface area contributed by atoms with Crippen LogP contribution >= 0.6 is 22.9 Å². The number of hydrogen-bond donors (Lipinski definition) is 2. The van der Waals surface area contributed by atoms with Gasteiger partial charge in [0.2, 0.25) is 0 Å². The minimum Gasteiger partial charge on any atom is -0.486 e. The molecule has 126 valence electrons. The Morgan fingerprint density at radius 3 is 2.71 bits per heavy atom. The van der Waals surface area contributed by atoms with Crippen molar-refractivity contribution < 1.29 is 24.2 Å². The van der Waals surface area contributed by atoms with Gasteiger partial charge < -0.3 is 19.9 Å². The Bertz CT molecular complexity index is 789. The Balaban J connectivity index is 1.59. The molecule has 0 fully saturated rings. The van der Waals surface area contributed by atoms with Gasteiger partial charge in [-0.25, -0.2) is 4.79 Å². The van der Waals surface area contributed by atoms with Crippen molar-refractivity contribution in [1.29, 1.82) is 0 Å².